The maximum Gasteiger partial charge on any atom is 0.0194 e. The average molecular weight is 529 g/mol. The van der Waals surface area contributed by atoms with Crippen molar-refractivity contribution in [2.45, 2.75) is 87.5 Å². The minimum Gasteiger partial charge on any atom is -0.0955 e. The second-order valence-electron chi connectivity index (χ2n) is 14.0. The van der Waals surface area contributed by atoms with Gasteiger partial charge in [-0.15, -0.1) is 0 Å². The van der Waals surface area contributed by atoms with Crippen LogP contribution in [-0.4, -0.2) is 0 Å². The monoisotopic (exact) mass is 528 g/mol. The molecule has 0 heterocycles. The van der Waals surface area contributed by atoms with E-state index in [4.69, 9.17) is 13.2 Å². The Bertz CT molecular complexity index is 1550. The first-order chi connectivity index (χ1) is 18.6. The fourth-order valence-corrected chi connectivity index (χ4v) is 9.05. The van der Waals surface area contributed by atoms with Crippen LogP contribution in [0.3, 0.4) is 0 Å². The van der Waals surface area contributed by atoms with Gasteiger partial charge in [0.1, 0.15) is 0 Å². The van der Waals surface area contributed by atoms with Crippen LogP contribution in [0.1, 0.15) is 94.2 Å². The number of fused-ring (bicyclic) bond motifs is 3. The quantitative estimate of drug-likeness (QED) is 0.362. The number of hydrogen-bond acceptors (Lipinski definition) is 0. The molecular weight excluding hydrogens is 480 g/mol. The van der Waals surface area contributed by atoms with Crippen LogP contribution in [0.15, 0.2) is 96.2 Å². The van der Waals surface area contributed by atoms with Gasteiger partial charge in [0.2, 0.25) is 0 Å². The van der Waals surface area contributed by atoms with Crippen LogP contribution >= 0.6 is 0 Å². The maximum absolute atomic E-state index is 4.84. The molecule has 5 rings (SSSR count). The van der Waals surface area contributed by atoms with Gasteiger partial charge in [0.15, 0.2) is 0 Å². The molecule has 0 spiro atoms. The van der Waals surface area contributed by atoms with Gasteiger partial charge in [-0.25, -0.2) is 0 Å². The predicted octanol–water partition coefficient (Wildman–Crippen LogP) is 11.1. The standard InChI is InChI=1S/C40H48/c1-24(2)35-28(6)21-39(11)23-38(10)22-34-33(19-15-26(4)32-17-13-25(3)14-18-32)20-16-27(5)36(34)29(7)37(38)31(9)40(39,12)30(35)8/h13-14,16-18,20H,1,4,7-8,15,19,21-23H2,2-3,5-6,9-12H3/t38-,39+,40-/m1/s1. The van der Waals surface area contributed by atoms with Crippen molar-refractivity contribution in [1.82, 2.24) is 0 Å². The molecule has 2 aromatic carbocycles. The van der Waals surface area contributed by atoms with Crippen LogP contribution in [0.2, 0.25) is 0 Å². The Morgan fingerprint density at radius 2 is 1.52 bits per heavy atom. The van der Waals surface area contributed by atoms with Gasteiger partial charge in [-0.1, -0.05) is 106 Å². The van der Waals surface area contributed by atoms with Crippen molar-refractivity contribution in [3.63, 3.8) is 0 Å². The number of rotatable bonds is 5. The highest BCUT2D eigenvalue weighted by molar-refractivity contribution is 5.87. The highest BCUT2D eigenvalue weighted by atomic mass is 14.6. The lowest BCUT2D eigenvalue weighted by Crippen LogP contribution is -2.52. The molecule has 0 radical (unpaired) electrons. The zero-order chi connectivity index (χ0) is 29.4. The lowest BCUT2D eigenvalue weighted by Gasteiger charge is -2.62. The van der Waals surface area contributed by atoms with E-state index in [1.165, 1.54) is 72.4 Å². The van der Waals surface area contributed by atoms with E-state index in [1.807, 2.05) is 0 Å². The van der Waals surface area contributed by atoms with E-state index in [-0.39, 0.29) is 16.2 Å². The number of aryl methyl sites for hydroxylation is 3. The molecule has 0 bridgehead atoms. The third-order valence-electron chi connectivity index (χ3n) is 11.1. The van der Waals surface area contributed by atoms with Crippen molar-refractivity contribution >= 4 is 11.1 Å². The molecule has 0 amide bonds. The summed E-state index contributed by atoms with van der Waals surface area (Å²) in [5.41, 5.74) is 18.8. The molecule has 2 aromatic rings. The molecule has 0 aliphatic heterocycles. The highest BCUT2D eigenvalue weighted by Gasteiger charge is 2.59. The van der Waals surface area contributed by atoms with Crippen LogP contribution in [0, 0.1) is 30.1 Å². The van der Waals surface area contributed by atoms with Crippen molar-refractivity contribution in [2.75, 3.05) is 0 Å². The van der Waals surface area contributed by atoms with Crippen molar-refractivity contribution in [1.29, 1.82) is 0 Å². The number of allylic oxidation sites excluding steroid dienone is 8. The molecule has 40 heavy (non-hydrogen) atoms. The van der Waals surface area contributed by atoms with E-state index >= 15 is 0 Å². The largest absolute Gasteiger partial charge is 0.0955 e. The van der Waals surface area contributed by atoms with Crippen LogP contribution in [0.25, 0.3) is 11.1 Å². The molecule has 0 saturated carbocycles. The van der Waals surface area contributed by atoms with Crippen molar-refractivity contribution < 1.29 is 0 Å². The Balaban J connectivity index is 1.59. The first kappa shape index (κ1) is 28.4. The van der Waals surface area contributed by atoms with E-state index in [2.05, 4.69) is 105 Å². The Hall–Kier alpha value is -3.12. The van der Waals surface area contributed by atoms with Crippen LogP contribution in [0.5, 0.6) is 0 Å². The summed E-state index contributed by atoms with van der Waals surface area (Å²) in [6.07, 6.45) is 5.25. The second-order valence-corrected chi connectivity index (χ2v) is 14.0. The lowest BCUT2D eigenvalue weighted by molar-refractivity contribution is 0.0543. The highest BCUT2D eigenvalue weighted by Crippen LogP contribution is 2.70. The minimum atomic E-state index is -0.118. The molecule has 0 nitrogen and oxygen atoms in total. The first-order valence-electron chi connectivity index (χ1n) is 15.0. The Kier molecular flexibility index (Phi) is 6.73. The molecule has 0 N–H and O–H groups in total. The Morgan fingerprint density at radius 3 is 2.15 bits per heavy atom. The van der Waals surface area contributed by atoms with Crippen LogP contribution < -0.4 is 0 Å². The third kappa shape index (κ3) is 4.01. The normalized spacial score (nSPS) is 27.8. The summed E-state index contributed by atoms with van der Waals surface area (Å²) in [4.78, 5) is 0. The second kappa shape index (κ2) is 9.47. The van der Waals surface area contributed by atoms with Crippen molar-refractivity contribution in [3.05, 3.63) is 130 Å². The predicted molar refractivity (Wildman–Crippen MR) is 175 cm³/mol. The van der Waals surface area contributed by atoms with E-state index in [0.29, 0.717) is 0 Å². The summed E-state index contributed by atoms with van der Waals surface area (Å²) in [6, 6.07) is 13.5. The summed E-state index contributed by atoms with van der Waals surface area (Å²) in [7, 11) is 0. The third-order valence-corrected chi connectivity index (χ3v) is 11.1. The zero-order valence-electron chi connectivity index (χ0n) is 26.3. The molecule has 3 aliphatic carbocycles. The summed E-state index contributed by atoms with van der Waals surface area (Å²) < 4.78 is 0. The number of hydrogen-bond donors (Lipinski definition) is 0. The lowest BCUT2D eigenvalue weighted by atomic mass is 9.41. The van der Waals surface area contributed by atoms with Gasteiger partial charge in [-0.3, -0.25) is 0 Å². The molecule has 0 unspecified atom stereocenters. The van der Waals surface area contributed by atoms with Gasteiger partial charge in [-0.2, -0.15) is 0 Å². The van der Waals surface area contributed by atoms with E-state index in [0.717, 1.165) is 37.7 Å². The van der Waals surface area contributed by atoms with E-state index < -0.39 is 0 Å². The molecular formula is C40H48. The van der Waals surface area contributed by atoms with Gasteiger partial charge >= 0.3 is 0 Å². The van der Waals surface area contributed by atoms with Crippen molar-refractivity contribution in [3.8, 4) is 0 Å². The van der Waals surface area contributed by atoms with Gasteiger partial charge in [-0.05, 0) is 133 Å². The molecule has 3 aliphatic rings. The smallest absolute Gasteiger partial charge is 0.0194 e. The molecule has 0 heteroatoms. The fourth-order valence-electron chi connectivity index (χ4n) is 9.05. The Morgan fingerprint density at radius 1 is 0.875 bits per heavy atom. The molecule has 0 saturated heterocycles. The fraction of sp³-hybridized carbons (Fsp3) is 0.400. The van der Waals surface area contributed by atoms with E-state index in [1.54, 1.807) is 0 Å². The molecule has 3 atom stereocenters. The summed E-state index contributed by atoms with van der Waals surface area (Å²) >= 11 is 0. The Labute approximate surface area is 244 Å². The topological polar surface area (TPSA) is 0 Å². The molecule has 208 valence electrons. The van der Waals surface area contributed by atoms with Gasteiger partial charge in [0.25, 0.3) is 0 Å². The maximum atomic E-state index is 4.84. The van der Waals surface area contributed by atoms with Gasteiger partial charge in [0, 0.05) is 5.41 Å². The summed E-state index contributed by atoms with van der Waals surface area (Å²) in [5, 5.41) is 0. The van der Waals surface area contributed by atoms with Crippen molar-refractivity contribution in [2.24, 2.45) is 16.2 Å². The van der Waals surface area contributed by atoms with Crippen LogP contribution in [-0.2, 0) is 12.8 Å². The molecule has 0 aromatic heterocycles. The van der Waals surface area contributed by atoms with Crippen LogP contribution in [0.4, 0.5) is 0 Å². The summed E-state index contributed by atoms with van der Waals surface area (Å²) in [5.74, 6) is 0. The van der Waals surface area contributed by atoms with Gasteiger partial charge < -0.3 is 0 Å². The minimum absolute atomic E-state index is 0.0419. The zero-order valence-corrected chi connectivity index (χ0v) is 26.3. The van der Waals surface area contributed by atoms with Gasteiger partial charge in [0.05, 0.1) is 0 Å². The average Bonchev–Trinajstić information content (AvgIpc) is 2.85. The van der Waals surface area contributed by atoms with E-state index in [9.17, 15) is 0 Å². The number of benzene rings is 2. The SMILES string of the molecule is C=C(C)C1=C(C)C[C@@]2(C)C[C@@]3(C)Cc4c(CCC(=C)c5ccc(C)cc5)ccc(C)c4C(=C)C3=C(C)[C@@]2(C)C1=C. The first-order valence-corrected chi connectivity index (χ1v) is 15.0. The summed E-state index contributed by atoms with van der Waals surface area (Å²) in [6.45, 7) is 37.1. The molecule has 0 fully saturated rings.